The summed E-state index contributed by atoms with van der Waals surface area (Å²) in [5.74, 6) is 5.20. The number of nitrogens with two attached hydrogens (primary N) is 1. The summed E-state index contributed by atoms with van der Waals surface area (Å²) < 4.78 is 0. The molecule has 3 amide bonds. The van der Waals surface area contributed by atoms with Gasteiger partial charge in [-0.2, -0.15) is 5.01 Å². The fourth-order valence-electron chi connectivity index (χ4n) is 1.62. The van der Waals surface area contributed by atoms with Gasteiger partial charge in [0.25, 0.3) is 5.91 Å². The molecule has 0 aromatic carbocycles. The van der Waals surface area contributed by atoms with Crippen LogP contribution in [0.15, 0.2) is 0 Å². The molecule has 66 valence electrons. The van der Waals surface area contributed by atoms with Crippen LogP contribution in [0, 0.1) is 5.92 Å². The van der Waals surface area contributed by atoms with Crippen molar-refractivity contribution >= 4 is 11.9 Å². The molecule has 1 aliphatic heterocycles. The van der Waals surface area contributed by atoms with Crippen LogP contribution in [-0.4, -0.2) is 22.5 Å². The Morgan fingerprint density at radius 1 is 1.58 bits per heavy atom. The maximum absolute atomic E-state index is 11.4. The van der Waals surface area contributed by atoms with E-state index in [1.165, 1.54) is 0 Å². The summed E-state index contributed by atoms with van der Waals surface area (Å²) in [4.78, 5) is 22.4. The van der Waals surface area contributed by atoms with Gasteiger partial charge in [0.1, 0.15) is 5.54 Å². The first-order valence-corrected chi connectivity index (χ1v) is 3.97. The highest BCUT2D eigenvalue weighted by Gasteiger charge is 2.55. The lowest BCUT2D eigenvalue weighted by molar-refractivity contribution is -0.131. The molecule has 2 fully saturated rings. The third-order valence-electron chi connectivity index (χ3n) is 2.64. The van der Waals surface area contributed by atoms with Gasteiger partial charge in [0.2, 0.25) is 0 Å². The van der Waals surface area contributed by atoms with E-state index in [1.54, 1.807) is 6.92 Å². The molecule has 1 atom stereocenters. The number of nitrogens with zero attached hydrogens (tertiary/aromatic N) is 1. The number of hydrazine groups is 1. The number of nitrogens with one attached hydrogen (secondary N) is 1. The van der Waals surface area contributed by atoms with E-state index in [0.29, 0.717) is 5.01 Å². The minimum atomic E-state index is -0.730. The smallest absolute Gasteiger partial charge is 0.322 e. The summed E-state index contributed by atoms with van der Waals surface area (Å²) in [5.41, 5.74) is -0.730. The lowest BCUT2D eigenvalue weighted by Crippen LogP contribution is -2.46. The molecule has 2 rings (SSSR count). The minimum absolute atomic E-state index is 0.280. The first-order valence-electron chi connectivity index (χ1n) is 3.97. The Morgan fingerprint density at radius 3 is 2.50 bits per heavy atom. The summed E-state index contributed by atoms with van der Waals surface area (Å²) in [7, 11) is 0. The predicted octanol–water partition coefficient (Wildman–Crippen LogP) is -0.419. The Labute approximate surface area is 69.9 Å². The number of rotatable bonds is 1. The lowest BCUT2D eigenvalue weighted by atomic mass is 9.96. The zero-order valence-corrected chi connectivity index (χ0v) is 6.83. The standard InChI is InChI=1S/C7H11N3O2/c1-7(4-2-3-4)5(11)10(8)6(12)9-7/h4H,2-3,8H2,1H3,(H,9,12)/t7-/m1/s1. The molecule has 0 bridgehead atoms. The molecule has 1 aliphatic carbocycles. The average Bonchev–Trinajstić information content (AvgIpc) is 2.80. The quantitative estimate of drug-likeness (QED) is 0.318. The van der Waals surface area contributed by atoms with Crippen LogP contribution in [-0.2, 0) is 4.79 Å². The van der Waals surface area contributed by atoms with Gasteiger partial charge in [-0.05, 0) is 25.7 Å². The minimum Gasteiger partial charge on any atom is -0.322 e. The van der Waals surface area contributed by atoms with Crippen LogP contribution < -0.4 is 11.2 Å². The SMILES string of the molecule is C[C@]1(C2CC2)NC(=O)N(N)C1=O. The van der Waals surface area contributed by atoms with Crippen LogP contribution in [0.4, 0.5) is 4.79 Å². The topological polar surface area (TPSA) is 75.4 Å². The number of hydrogen-bond donors (Lipinski definition) is 2. The van der Waals surface area contributed by atoms with Crippen LogP contribution in [0.5, 0.6) is 0 Å². The monoisotopic (exact) mass is 169 g/mol. The third kappa shape index (κ3) is 0.768. The Bertz CT molecular complexity index is 261. The van der Waals surface area contributed by atoms with E-state index in [1.807, 2.05) is 0 Å². The normalized spacial score (nSPS) is 35.7. The van der Waals surface area contributed by atoms with E-state index >= 15 is 0 Å². The molecule has 5 nitrogen and oxygen atoms in total. The van der Waals surface area contributed by atoms with Gasteiger partial charge in [-0.3, -0.25) is 4.79 Å². The van der Waals surface area contributed by atoms with Gasteiger partial charge >= 0.3 is 6.03 Å². The van der Waals surface area contributed by atoms with E-state index < -0.39 is 11.6 Å². The second-order valence-corrected chi connectivity index (χ2v) is 3.58. The van der Waals surface area contributed by atoms with Gasteiger partial charge in [-0.1, -0.05) is 0 Å². The van der Waals surface area contributed by atoms with E-state index in [2.05, 4.69) is 5.32 Å². The second-order valence-electron chi connectivity index (χ2n) is 3.58. The molecule has 0 aromatic rings. The van der Waals surface area contributed by atoms with Gasteiger partial charge < -0.3 is 5.32 Å². The van der Waals surface area contributed by atoms with Crippen molar-refractivity contribution in [2.45, 2.75) is 25.3 Å². The van der Waals surface area contributed by atoms with E-state index in [-0.39, 0.29) is 11.8 Å². The van der Waals surface area contributed by atoms with E-state index in [4.69, 9.17) is 5.84 Å². The van der Waals surface area contributed by atoms with Crippen molar-refractivity contribution in [3.05, 3.63) is 0 Å². The maximum atomic E-state index is 11.4. The Morgan fingerprint density at radius 2 is 2.17 bits per heavy atom. The summed E-state index contributed by atoms with van der Waals surface area (Å²) in [6, 6.07) is -0.491. The zero-order chi connectivity index (χ0) is 8.93. The third-order valence-corrected chi connectivity index (χ3v) is 2.64. The van der Waals surface area contributed by atoms with Gasteiger partial charge in [0, 0.05) is 0 Å². The predicted molar refractivity (Wildman–Crippen MR) is 40.7 cm³/mol. The van der Waals surface area contributed by atoms with Crippen molar-refractivity contribution in [2.24, 2.45) is 11.8 Å². The van der Waals surface area contributed by atoms with Crippen molar-refractivity contribution in [1.29, 1.82) is 0 Å². The van der Waals surface area contributed by atoms with E-state index in [0.717, 1.165) is 12.8 Å². The highest BCUT2D eigenvalue weighted by Crippen LogP contribution is 2.41. The molecule has 5 heteroatoms. The van der Waals surface area contributed by atoms with Crippen molar-refractivity contribution in [3.8, 4) is 0 Å². The summed E-state index contributed by atoms with van der Waals surface area (Å²) in [6.45, 7) is 1.73. The second kappa shape index (κ2) is 1.98. The Balaban J connectivity index is 2.28. The van der Waals surface area contributed by atoms with Crippen LogP contribution in [0.1, 0.15) is 19.8 Å². The van der Waals surface area contributed by atoms with Crippen molar-refractivity contribution in [1.82, 2.24) is 10.3 Å². The van der Waals surface area contributed by atoms with Gasteiger partial charge in [0.05, 0.1) is 0 Å². The molecule has 1 heterocycles. The summed E-state index contributed by atoms with van der Waals surface area (Å²) in [5, 5.41) is 3.27. The Hall–Kier alpha value is -1.10. The first kappa shape index (κ1) is 7.54. The number of hydrogen-bond acceptors (Lipinski definition) is 3. The molecular weight excluding hydrogens is 158 g/mol. The Kier molecular flexibility index (Phi) is 1.24. The molecule has 0 radical (unpaired) electrons. The van der Waals surface area contributed by atoms with Gasteiger partial charge in [0.15, 0.2) is 0 Å². The molecule has 12 heavy (non-hydrogen) atoms. The number of amides is 3. The number of carbonyl (C=O) groups is 2. The molecule has 3 N–H and O–H groups in total. The maximum Gasteiger partial charge on any atom is 0.339 e. The number of imide groups is 1. The van der Waals surface area contributed by atoms with Gasteiger partial charge in [-0.25, -0.2) is 10.6 Å². The molecule has 0 spiro atoms. The first-order chi connectivity index (χ1) is 5.55. The van der Waals surface area contributed by atoms with Crippen LogP contribution in [0.25, 0.3) is 0 Å². The fourth-order valence-corrected chi connectivity index (χ4v) is 1.62. The highest BCUT2D eigenvalue weighted by molar-refractivity contribution is 6.06. The number of carbonyl (C=O) groups excluding carboxylic acids is 2. The van der Waals surface area contributed by atoms with Crippen molar-refractivity contribution in [2.75, 3.05) is 0 Å². The molecule has 0 unspecified atom stereocenters. The van der Waals surface area contributed by atoms with Gasteiger partial charge in [-0.15, -0.1) is 0 Å². The molecule has 1 saturated heterocycles. The largest absolute Gasteiger partial charge is 0.339 e. The highest BCUT2D eigenvalue weighted by atomic mass is 16.2. The molecular formula is C7H11N3O2. The van der Waals surface area contributed by atoms with Crippen LogP contribution in [0.3, 0.4) is 0 Å². The summed E-state index contributed by atoms with van der Waals surface area (Å²) in [6.07, 6.45) is 1.99. The molecule has 2 aliphatic rings. The van der Waals surface area contributed by atoms with Crippen LogP contribution >= 0.6 is 0 Å². The summed E-state index contributed by atoms with van der Waals surface area (Å²) >= 11 is 0. The van der Waals surface area contributed by atoms with Crippen molar-refractivity contribution in [3.63, 3.8) is 0 Å². The number of urea groups is 1. The molecule has 0 aromatic heterocycles. The molecule has 1 saturated carbocycles. The van der Waals surface area contributed by atoms with Crippen molar-refractivity contribution < 1.29 is 9.59 Å². The zero-order valence-electron chi connectivity index (χ0n) is 6.83. The average molecular weight is 169 g/mol. The van der Waals surface area contributed by atoms with Crippen LogP contribution in [0.2, 0.25) is 0 Å². The fraction of sp³-hybridized carbons (Fsp3) is 0.714. The lowest BCUT2D eigenvalue weighted by Gasteiger charge is -2.19. The van der Waals surface area contributed by atoms with E-state index in [9.17, 15) is 9.59 Å².